The number of aromatic nitrogens is 1. The molecule has 11 heteroatoms. The van der Waals surface area contributed by atoms with Crippen molar-refractivity contribution in [2.24, 2.45) is 10.2 Å². The summed E-state index contributed by atoms with van der Waals surface area (Å²) in [5.41, 5.74) is -0.831. The Morgan fingerprint density at radius 2 is 1.88 bits per heavy atom. The van der Waals surface area contributed by atoms with E-state index >= 15 is 0 Å². The number of azo groups is 1. The van der Waals surface area contributed by atoms with Crippen LogP contribution in [0.4, 0.5) is 11.4 Å². The number of aromatic carboxylic acids is 1. The van der Waals surface area contributed by atoms with Crippen molar-refractivity contribution in [2.45, 2.75) is 25.3 Å². The highest BCUT2D eigenvalue weighted by atomic mass is 32.2. The number of hydrogen-bond donors (Lipinski definition) is 3. The first-order chi connectivity index (χ1) is 12.1. The zero-order valence-corrected chi connectivity index (χ0v) is 14.6. The molecular weight excluding hydrogens is 366 g/mol. The van der Waals surface area contributed by atoms with Gasteiger partial charge in [0.25, 0.3) is 15.7 Å². The summed E-state index contributed by atoms with van der Waals surface area (Å²) in [5, 5.41) is 26.9. The lowest BCUT2D eigenvalue weighted by Crippen LogP contribution is -2.18. The molecular formula is C15H15N3O7S. The maximum atomic E-state index is 11.8. The van der Waals surface area contributed by atoms with E-state index in [1.165, 1.54) is 13.0 Å². The average molecular weight is 381 g/mol. The minimum atomic E-state index is -4.58. The van der Waals surface area contributed by atoms with Crippen LogP contribution in [0.1, 0.15) is 22.8 Å². The fourth-order valence-electron chi connectivity index (χ4n) is 2.21. The Balaban J connectivity index is 2.59. The number of nitrogens with zero attached hydrogens (tertiary/aromatic N) is 3. The predicted octanol–water partition coefficient (Wildman–Crippen LogP) is 2.24. The first-order valence-corrected chi connectivity index (χ1v) is 8.70. The van der Waals surface area contributed by atoms with Crippen LogP contribution in [0, 0.1) is 6.92 Å². The van der Waals surface area contributed by atoms with Gasteiger partial charge in [-0.15, -0.1) is 10.2 Å². The molecule has 0 bridgehead atoms. The molecule has 0 fully saturated rings. The topological polar surface area (TPSA) is 159 Å². The number of rotatable bonds is 5. The normalized spacial score (nSPS) is 11.8. The number of hydrogen-bond acceptors (Lipinski definition) is 7. The third-order valence-electron chi connectivity index (χ3n) is 3.52. The maximum absolute atomic E-state index is 11.8. The van der Waals surface area contributed by atoms with Crippen molar-refractivity contribution in [1.29, 1.82) is 0 Å². The average Bonchev–Trinajstić information content (AvgIpc) is 2.53. The van der Waals surface area contributed by atoms with Crippen LogP contribution < -0.4 is 5.56 Å². The second-order valence-electron chi connectivity index (χ2n) is 5.24. The van der Waals surface area contributed by atoms with Crippen LogP contribution in [0.25, 0.3) is 0 Å². The van der Waals surface area contributed by atoms with Gasteiger partial charge in [0.2, 0.25) is 5.88 Å². The second kappa shape index (κ2) is 7.06. The van der Waals surface area contributed by atoms with Gasteiger partial charge in [0.05, 0.1) is 10.5 Å². The summed E-state index contributed by atoms with van der Waals surface area (Å²) >= 11 is 0. The van der Waals surface area contributed by atoms with Crippen LogP contribution in [0.3, 0.4) is 0 Å². The molecule has 0 aliphatic rings. The molecule has 26 heavy (non-hydrogen) atoms. The standard InChI is InChI=1S/C15H15N3O7S/c1-3-18-12(19)6-8(2)13(14(18)20)17-16-11-5-4-9(26(23,24)25)7-10(11)15(21)22/h4-7,20H,3H2,1-2H3,(H,21,22)(H,23,24,25). The van der Waals surface area contributed by atoms with Crippen LogP contribution in [0.5, 0.6) is 5.88 Å². The van der Waals surface area contributed by atoms with E-state index in [-0.39, 0.29) is 17.9 Å². The first-order valence-electron chi connectivity index (χ1n) is 7.26. The van der Waals surface area contributed by atoms with Gasteiger partial charge >= 0.3 is 5.97 Å². The maximum Gasteiger partial charge on any atom is 0.338 e. The zero-order valence-electron chi connectivity index (χ0n) is 13.7. The lowest BCUT2D eigenvalue weighted by molar-refractivity contribution is 0.0697. The van der Waals surface area contributed by atoms with Gasteiger partial charge < -0.3 is 10.2 Å². The monoisotopic (exact) mass is 381 g/mol. The first kappa shape index (κ1) is 19.3. The summed E-state index contributed by atoms with van der Waals surface area (Å²) in [4.78, 5) is 22.5. The summed E-state index contributed by atoms with van der Waals surface area (Å²) in [6, 6.07) is 4.01. The lowest BCUT2D eigenvalue weighted by Gasteiger charge is -2.09. The molecule has 0 unspecified atom stereocenters. The fourth-order valence-corrected chi connectivity index (χ4v) is 2.71. The molecule has 2 aromatic rings. The highest BCUT2D eigenvalue weighted by Gasteiger charge is 2.17. The quantitative estimate of drug-likeness (QED) is 0.529. The third kappa shape index (κ3) is 3.78. The minimum Gasteiger partial charge on any atom is -0.493 e. The molecule has 0 radical (unpaired) electrons. The van der Waals surface area contributed by atoms with Gasteiger partial charge in [-0.25, -0.2) is 4.79 Å². The SMILES string of the molecule is CCn1c(O)c(N=Nc2ccc(S(=O)(=O)O)cc2C(=O)O)c(C)cc1=O. The Kier molecular flexibility index (Phi) is 5.23. The van der Waals surface area contributed by atoms with Gasteiger partial charge in [0, 0.05) is 12.6 Å². The molecule has 1 aromatic carbocycles. The molecule has 0 amide bonds. The van der Waals surface area contributed by atoms with Crippen molar-refractivity contribution in [3.63, 3.8) is 0 Å². The molecule has 10 nitrogen and oxygen atoms in total. The number of carbonyl (C=O) groups is 1. The number of carboxylic acids is 1. The summed E-state index contributed by atoms with van der Waals surface area (Å²) < 4.78 is 32.3. The van der Waals surface area contributed by atoms with Gasteiger partial charge in [-0.3, -0.25) is 13.9 Å². The van der Waals surface area contributed by atoms with Crippen LogP contribution in [-0.4, -0.2) is 33.7 Å². The van der Waals surface area contributed by atoms with Crippen molar-refractivity contribution in [3.8, 4) is 5.88 Å². The molecule has 0 aliphatic carbocycles. The second-order valence-corrected chi connectivity index (χ2v) is 6.66. The van der Waals surface area contributed by atoms with E-state index in [2.05, 4.69) is 10.2 Å². The summed E-state index contributed by atoms with van der Waals surface area (Å²) in [7, 11) is -4.58. The van der Waals surface area contributed by atoms with E-state index in [0.29, 0.717) is 5.56 Å². The highest BCUT2D eigenvalue weighted by Crippen LogP contribution is 2.31. The minimum absolute atomic E-state index is 0.0263. The van der Waals surface area contributed by atoms with Crippen LogP contribution in [0.2, 0.25) is 0 Å². The Morgan fingerprint density at radius 3 is 2.42 bits per heavy atom. The van der Waals surface area contributed by atoms with E-state index in [0.717, 1.165) is 22.8 Å². The van der Waals surface area contributed by atoms with Crippen molar-refractivity contribution < 1.29 is 28.0 Å². The number of carboxylic acid groups (broad SMARTS) is 1. The molecule has 0 saturated heterocycles. The molecule has 0 aliphatic heterocycles. The van der Waals surface area contributed by atoms with E-state index in [1.54, 1.807) is 6.92 Å². The Hall–Kier alpha value is -3.05. The Morgan fingerprint density at radius 1 is 1.23 bits per heavy atom. The van der Waals surface area contributed by atoms with Gasteiger partial charge in [0.1, 0.15) is 11.4 Å². The van der Waals surface area contributed by atoms with E-state index in [1.807, 2.05) is 0 Å². The smallest absolute Gasteiger partial charge is 0.338 e. The third-order valence-corrected chi connectivity index (χ3v) is 4.37. The van der Waals surface area contributed by atoms with Crippen molar-refractivity contribution in [3.05, 3.63) is 45.7 Å². The van der Waals surface area contributed by atoms with Crippen LogP contribution in [0.15, 0.2) is 44.2 Å². The fraction of sp³-hybridized carbons (Fsp3) is 0.200. The molecule has 2 rings (SSSR count). The molecule has 0 saturated carbocycles. The van der Waals surface area contributed by atoms with Gasteiger partial charge in [-0.05, 0) is 37.6 Å². The highest BCUT2D eigenvalue weighted by molar-refractivity contribution is 7.85. The van der Waals surface area contributed by atoms with E-state index in [9.17, 15) is 28.2 Å². The molecule has 1 aromatic heterocycles. The summed E-state index contributed by atoms with van der Waals surface area (Å²) in [6.45, 7) is 3.36. The zero-order chi connectivity index (χ0) is 19.6. The molecule has 0 atom stereocenters. The van der Waals surface area contributed by atoms with Crippen molar-refractivity contribution >= 4 is 27.5 Å². The molecule has 1 heterocycles. The summed E-state index contributed by atoms with van der Waals surface area (Å²) in [6.07, 6.45) is 0. The molecule has 3 N–H and O–H groups in total. The van der Waals surface area contributed by atoms with Crippen LogP contribution >= 0.6 is 0 Å². The van der Waals surface area contributed by atoms with Crippen molar-refractivity contribution in [1.82, 2.24) is 4.57 Å². The lowest BCUT2D eigenvalue weighted by atomic mass is 10.2. The van der Waals surface area contributed by atoms with Gasteiger partial charge in [-0.2, -0.15) is 8.42 Å². The molecule has 0 spiro atoms. The Bertz CT molecular complexity index is 1070. The predicted molar refractivity (Wildman–Crippen MR) is 90.2 cm³/mol. The largest absolute Gasteiger partial charge is 0.493 e. The number of benzene rings is 1. The van der Waals surface area contributed by atoms with E-state index in [4.69, 9.17) is 4.55 Å². The van der Waals surface area contributed by atoms with Crippen molar-refractivity contribution in [2.75, 3.05) is 0 Å². The van der Waals surface area contributed by atoms with Gasteiger partial charge in [-0.1, -0.05) is 0 Å². The number of pyridine rings is 1. The summed E-state index contributed by atoms with van der Waals surface area (Å²) in [5.74, 6) is -1.91. The van der Waals surface area contributed by atoms with Crippen LogP contribution in [-0.2, 0) is 16.7 Å². The van der Waals surface area contributed by atoms with E-state index < -0.39 is 38.0 Å². The van der Waals surface area contributed by atoms with Gasteiger partial charge in [0.15, 0.2) is 0 Å². The number of aryl methyl sites for hydroxylation is 1. The number of aromatic hydroxyl groups is 1. The Labute approximate surface area is 147 Å². The molecule has 138 valence electrons.